The van der Waals surface area contributed by atoms with Crippen molar-refractivity contribution in [3.63, 3.8) is 0 Å². The van der Waals surface area contributed by atoms with Gasteiger partial charge >= 0.3 is 5.97 Å². The van der Waals surface area contributed by atoms with E-state index in [9.17, 15) is 4.79 Å². The zero-order chi connectivity index (χ0) is 18.5. The number of methoxy groups -OCH3 is 3. The molecule has 0 unspecified atom stereocenters. The Balaban J connectivity index is 2.31. The summed E-state index contributed by atoms with van der Waals surface area (Å²) in [5, 5.41) is 6.52. The summed E-state index contributed by atoms with van der Waals surface area (Å²) < 4.78 is 15.2. The summed E-state index contributed by atoms with van der Waals surface area (Å²) in [6.07, 6.45) is 3.25. The number of carbonyl (C=O) groups excluding carboxylic acids is 1. The van der Waals surface area contributed by atoms with Gasteiger partial charge in [-0.05, 0) is 30.5 Å². The minimum Gasteiger partial charge on any atom is -0.493 e. The summed E-state index contributed by atoms with van der Waals surface area (Å²) in [5.74, 6) is 2.00. The Kier molecular flexibility index (Phi) is 9.89. The average molecular weight is 351 g/mol. The molecular weight excluding hydrogens is 322 g/mol. The Morgan fingerprint density at radius 2 is 1.80 bits per heavy atom. The highest BCUT2D eigenvalue weighted by Crippen LogP contribution is 2.27. The van der Waals surface area contributed by atoms with Gasteiger partial charge in [0.05, 0.1) is 21.3 Å². The molecule has 0 radical (unpaired) electrons. The highest BCUT2D eigenvalue weighted by Gasteiger charge is 2.05. The van der Waals surface area contributed by atoms with Crippen LogP contribution in [0.1, 0.15) is 31.2 Å². The van der Waals surface area contributed by atoms with Gasteiger partial charge in [0.1, 0.15) is 0 Å². The third kappa shape index (κ3) is 7.78. The van der Waals surface area contributed by atoms with Crippen molar-refractivity contribution in [1.82, 2.24) is 10.6 Å². The van der Waals surface area contributed by atoms with Gasteiger partial charge in [0.25, 0.3) is 0 Å². The van der Waals surface area contributed by atoms with E-state index in [0.717, 1.165) is 37.3 Å². The van der Waals surface area contributed by atoms with Crippen LogP contribution in [-0.2, 0) is 16.1 Å². The number of carbonyl (C=O) groups is 1. The van der Waals surface area contributed by atoms with Crippen molar-refractivity contribution < 1.29 is 19.0 Å². The number of aliphatic imine (C=N–C) groups is 1. The van der Waals surface area contributed by atoms with Crippen molar-refractivity contribution in [2.24, 2.45) is 4.99 Å². The van der Waals surface area contributed by atoms with Gasteiger partial charge in [0.2, 0.25) is 0 Å². The molecule has 140 valence electrons. The van der Waals surface area contributed by atoms with Crippen LogP contribution in [-0.4, -0.2) is 46.9 Å². The number of hydrogen-bond acceptors (Lipinski definition) is 5. The van der Waals surface area contributed by atoms with E-state index < -0.39 is 0 Å². The molecule has 1 aromatic rings. The number of nitrogens with zero attached hydrogens (tertiary/aromatic N) is 1. The lowest BCUT2D eigenvalue weighted by Gasteiger charge is -2.13. The Labute approximate surface area is 149 Å². The van der Waals surface area contributed by atoms with Crippen molar-refractivity contribution in [2.75, 3.05) is 34.9 Å². The maximum atomic E-state index is 11.0. The first-order valence-corrected chi connectivity index (χ1v) is 8.36. The maximum absolute atomic E-state index is 11.0. The first kappa shape index (κ1) is 20.6. The molecule has 0 fully saturated rings. The molecule has 0 saturated carbocycles. The molecule has 1 rings (SSSR count). The summed E-state index contributed by atoms with van der Waals surface area (Å²) >= 11 is 0. The van der Waals surface area contributed by atoms with Crippen LogP contribution in [0, 0.1) is 0 Å². The second-order valence-electron chi connectivity index (χ2n) is 5.43. The molecular formula is C18H29N3O4. The van der Waals surface area contributed by atoms with Gasteiger partial charge in [-0.2, -0.15) is 0 Å². The lowest BCUT2D eigenvalue weighted by molar-refractivity contribution is -0.140. The SMILES string of the molecule is CN=C(NCCCCCC(=O)OC)NCc1ccc(OC)c(OC)c1. The van der Waals surface area contributed by atoms with Gasteiger partial charge in [-0.1, -0.05) is 12.5 Å². The predicted octanol–water partition coefficient (Wildman–Crippen LogP) is 2.10. The van der Waals surface area contributed by atoms with E-state index in [1.807, 2.05) is 18.2 Å². The molecule has 0 amide bonds. The van der Waals surface area contributed by atoms with E-state index in [-0.39, 0.29) is 5.97 Å². The second kappa shape index (κ2) is 12.0. The van der Waals surface area contributed by atoms with Gasteiger partial charge in [-0.3, -0.25) is 9.79 Å². The van der Waals surface area contributed by atoms with Crippen molar-refractivity contribution >= 4 is 11.9 Å². The van der Waals surface area contributed by atoms with Crippen molar-refractivity contribution in [3.8, 4) is 11.5 Å². The molecule has 25 heavy (non-hydrogen) atoms. The largest absolute Gasteiger partial charge is 0.493 e. The summed E-state index contributed by atoms with van der Waals surface area (Å²) in [4.78, 5) is 15.2. The van der Waals surface area contributed by atoms with Crippen LogP contribution < -0.4 is 20.1 Å². The maximum Gasteiger partial charge on any atom is 0.305 e. The number of guanidine groups is 1. The van der Waals surface area contributed by atoms with E-state index >= 15 is 0 Å². The molecule has 2 N–H and O–H groups in total. The van der Waals surface area contributed by atoms with Gasteiger partial charge < -0.3 is 24.8 Å². The zero-order valence-corrected chi connectivity index (χ0v) is 15.6. The van der Waals surface area contributed by atoms with E-state index in [0.29, 0.717) is 24.5 Å². The number of benzene rings is 1. The minimum atomic E-state index is -0.152. The second-order valence-corrected chi connectivity index (χ2v) is 5.43. The number of hydrogen-bond donors (Lipinski definition) is 2. The highest BCUT2D eigenvalue weighted by molar-refractivity contribution is 5.79. The third-order valence-corrected chi connectivity index (χ3v) is 3.71. The third-order valence-electron chi connectivity index (χ3n) is 3.71. The number of ether oxygens (including phenoxy) is 3. The van der Waals surface area contributed by atoms with Gasteiger partial charge in [0.15, 0.2) is 17.5 Å². The van der Waals surface area contributed by atoms with E-state index in [2.05, 4.69) is 20.4 Å². The summed E-state index contributed by atoms with van der Waals surface area (Å²) in [6.45, 7) is 1.43. The molecule has 0 aliphatic carbocycles. The Morgan fingerprint density at radius 3 is 2.44 bits per heavy atom. The number of unbranched alkanes of at least 4 members (excludes halogenated alkanes) is 2. The van der Waals surface area contributed by atoms with E-state index in [4.69, 9.17) is 9.47 Å². The fourth-order valence-electron chi connectivity index (χ4n) is 2.28. The molecule has 7 nitrogen and oxygen atoms in total. The van der Waals surface area contributed by atoms with Gasteiger partial charge in [-0.25, -0.2) is 0 Å². The lowest BCUT2D eigenvalue weighted by Crippen LogP contribution is -2.37. The molecule has 0 aliphatic rings. The molecule has 0 aliphatic heterocycles. The quantitative estimate of drug-likeness (QED) is 0.291. The van der Waals surface area contributed by atoms with Crippen LogP contribution in [0.2, 0.25) is 0 Å². The van der Waals surface area contributed by atoms with Crippen molar-refractivity contribution in [3.05, 3.63) is 23.8 Å². The normalized spacial score (nSPS) is 11.0. The topological polar surface area (TPSA) is 81.2 Å². The number of rotatable bonds is 10. The zero-order valence-electron chi connectivity index (χ0n) is 15.6. The van der Waals surface area contributed by atoms with Crippen molar-refractivity contribution in [1.29, 1.82) is 0 Å². The molecule has 7 heteroatoms. The first-order chi connectivity index (χ1) is 12.1. The summed E-state index contributed by atoms with van der Waals surface area (Å²) in [5.41, 5.74) is 1.07. The molecule has 0 spiro atoms. The van der Waals surface area contributed by atoms with Crippen molar-refractivity contribution in [2.45, 2.75) is 32.2 Å². The van der Waals surface area contributed by atoms with Crippen LogP contribution in [0.15, 0.2) is 23.2 Å². The van der Waals surface area contributed by atoms with Crippen LogP contribution in [0.3, 0.4) is 0 Å². The van der Waals surface area contributed by atoms with Crippen LogP contribution >= 0.6 is 0 Å². The smallest absolute Gasteiger partial charge is 0.305 e. The van der Waals surface area contributed by atoms with Gasteiger partial charge in [0, 0.05) is 26.6 Å². The summed E-state index contributed by atoms with van der Waals surface area (Å²) in [6, 6.07) is 5.80. The molecule has 1 aromatic carbocycles. The summed E-state index contributed by atoms with van der Waals surface area (Å²) in [7, 11) is 6.39. The Morgan fingerprint density at radius 1 is 1.04 bits per heavy atom. The fourth-order valence-corrected chi connectivity index (χ4v) is 2.28. The first-order valence-electron chi connectivity index (χ1n) is 8.36. The van der Waals surface area contributed by atoms with Crippen LogP contribution in [0.25, 0.3) is 0 Å². The lowest BCUT2D eigenvalue weighted by atomic mass is 10.2. The number of nitrogens with one attached hydrogen (secondary N) is 2. The average Bonchev–Trinajstić information content (AvgIpc) is 2.66. The molecule has 0 aromatic heterocycles. The standard InChI is InChI=1S/C18H29N3O4/c1-19-18(20-11-7-5-6-8-17(22)25-4)21-13-14-9-10-15(23-2)16(12-14)24-3/h9-10,12H,5-8,11,13H2,1-4H3,(H2,19,20,21). The predicted molar refractivity (Wildman–Crippen MR) is 98.2 cm³/mol. The van der Waals surface area contributed by atoms with Gasteiger partial charge in [-0.15, -0.1) is 0 Å². The van der Waals surface area contributed by atoms with Crippen LogP contribution in [0.4, 0.5) is 0 Å². The molecule has 0 bridgehead atoms. The van der Waals surface area contributed by atoms with E-state index in [1.165, 1.54) is 7.11 Å². The number of esters is 1. The minimum absolute atomic E-state index is 0.152. The molecule has 0 atom stereocenters. The highest BCUT2D eigenvalue weighted by atomic mass is 16.5. The Bertz CT molecular complexity index is 561. The fraction of sp³-hybridized carbons (Fsp3) is 0.556. The molecule has 0 heterocycles. The van der Waals surface area contributed by atoms with E-state index in [1.54, 1.807) is 21.3 Å². The van der Waals surface area contributed by atoms with Crippen LogP contribution in [0.5, 0.6) is 11.5 Å². The monoisotopic (exact) mass is 351 g/mol. The Hall–Kier alpha value is -2.44. The molecule has 0 saturated heterocycles.